The van der Waals surface area contributed by atoms with Crippen molar-refractivity contribution in [2.75, 3.05) is 7.05 Å². The normalized spacial score (nSPS) is 16.6. The van der Waals surface area contributed by atoms with E-state index >= 15 is 0 Å². The lowest BCUT2D eigenvalue weighted by Gasteiger charge is -2.29. The molecule has 0 bridgehead atoms. The molecule has 0 N–H and O–H groups in total. The molecule has 1 aromatic rings. The molecule has 1 saturated carbocycles. The minimum atomic E-state index is -3.96. The molecular formula is C41H64F6N2O. The molecule has 1 fully saturated rings. The first-order valence-corrected chi connectivity index (χ1v) is 17.5. The maximum absolute atomic E-state index is 13.0. The predicted molar refractivity (Wildman–Crippen MR) is 205 cm³/mol. The second kappa shape index (κ2) is 28.5. The molecule has 0 aromatic heterocycles. The standard InChI is InChI=1S/C25H31FN2.C10H22.C3H5F3.C2H4F2.CH2O/c1-7-8-17(2)11-19(4)25(16-27-6)24-14-22(10-9-18(24)3)20(5)28-15-21-12-23(26)13-21;1-5-9-10(6-2,7-3)8-4;1-2-3(4,5)6;1-2(3)4;1-2/h7-11,14-16,21,23H,5,12-13H2,1-4,6H3;5-9H2,1-4H3;2H2,1H3;2H,1H3;1H2/b8-7-,17-11-,25-19-,27-16?,28-15?;;;;. The second-order valence-corrected chi connectivity index (χ2v) is 12.3. The number of hydrogen-bond acceptors (Lipinski definition) is 3. The Morgan fingerprint density at radius 3 is 1.86 bits per heavy atom. The lowest BCUT2D eigenvalue weighted by atomic mass is 9.76. The zero-order valence-electron chi connectivity index (χ0n) is 32.5. The Morgan fingerprint density at radius 2 is 1.50 bits per heavy atom. The molecule has 50 heavy (non-hydrogen) atoms. The van der Waals surface area contributed by atoms with Crippen LogP contribution in [-0.4, -0.2) is 45.0 Å². The van der Waals surface area contributed by atoms with Crippen molar-refractivity contribution in [1.82, 2.24) is 0 Å². The Morgan fingerprint density at radius 1 is 1.00 bits per heavy atom. The summed E-state index contributed by atoms with van der Waals surface area (Å²) in [6.07, 6.45) is 10.5. The van der Waals surface area contributed by atoms with Crippen molar-refractivity contribution in [3.8, 4) is 0 Å². The fraction of sp³-hybridized carbons (Fsp3) is 0.585. The molecule has 1 aliphatic rings. The van der Waals surface area contributed by atoms with Gasteiger partial charge in [0.1, 0.15) is 13.0 Å². The van der Waals surface area contributed by atoms with Crippen LogP contribution in [0.25, 0.3) is 11.3 Å². The smallest absolute Gasteiger partial charge is 0.307 e. The highest BCUT2D eigenvalue weighted by atomic mass is 19.4. The molecule has 0 radical (unpaired) electrons. The van der Waals surface area contributed by atoms with Crippen molar-refractivity contribution in [2.24, 2.45) is 21.3 Å². The monoisotopic (exact) mass is 714 g/mol. The molecule has 0 amide bonds. The predicted octanol–water partition coefficient (Wildman–Crippen LogP) is 13.8. The lowest BCUT2D eigenvalue weighted by Crippen LogP contribution is -2.25. The summed E-state index contributed by atoms with van der Waals surface area (Å²) in [5.41, 5.74) is 8.07. The van der Waals surface area contributed by atoms with Gasteiger partial charge in [0.15, 0.2) is 0 Å². The van der Waals surface area contributed by atoms with Gasteiger partial charge < -0.3 is 4.79 Å². The molecule has 0 spiro atoms. The minimum Gasteiger partial charge on any atom is -0.307 e. The van der Waals surface area contributed by atoms with Gasteiger partial charge in [0.25, 0.3) is 0 Å². The van der Waals surface area contributed by atoms with Crippen LogP contribution in [0.15, 0.2) is 64.1 Å². The molecule has 0 atom stereocenters. The Bertz CT molecular complexity index is 1210. The van der Waals surface area contributed by atoms with Crippen LogP contribution < -0.4 is 0 Å². The SMILES string of the molecule is C=C(N=CC1CC(F)C1)c1ccc(C)c(\C(C=NC)=C(C)/C=C(C)\C=C/C)c1.C=O.CC(F)F.CCC(F)(F)F.CCCC(CC)(CC)CC. The van der Waals surface area contributed by atoms with E-state index in [0.29, 0.717) is 24.0 Å². The van der Waals surface area contributed by atoms with Gasteiger partial charge in [0.2, 0.25) is 6.43 Å². The number of halogens is 6. The van der Waals surface area contributed by atoms with Gasteiger partial charge in [0.05, 0.1) is 5.70 Å². The summed E-state index contributed by atoms with van der Waals surface area (Å²) >= 11 is 0. The maximum Gasteiger partial charge on any atom is 0.388 e. The van der Waals surface area contributed by atoms with E-state index < -0.39 is 25.2 Å². The summed E-state index contributed by atoms with van der Waals surface area (Å²) in [6.45, 7) is 25.6. The molecule has 0 aliphatic heterocycles. The van der Waals surface area contributed by atoms with Crippen LogP contribution in [0.1, 0.15) is 130 Å². The number of benzene rings is 1. The molecule has 0 unspecified atom stereocenters. The van der Waals surface area contributed by atoms with E-state index in [9.17, 15) is 26.3 Å². The third kappa shape index (κ3) is 23.2. The van der Waals surface area contributed by atoms with Crippen molar-refractivity contribution in [3.05, 3.63) is 70.8 Å². The van der Waals surface area contributed by atoms with E-state index in [1.807, 2.05) is 38.3 Å². The first-order chi connectivity index (χ1) is 23.4. The lowest BCUT2D eigenvalue weighted by molar-refractivity contribution is -0.130. The average molecular weight is 715 g/mol. The van der Waals surface area contributed by atoms with Crippen LogP contribution in [0, 0.1) is 18.3 Å². The Balaban J connectivity index is -0.000000819. The molecule has 0 saturated heterocycles. The molecule has 0 heterocycles. The summed E-state index contributed by atoms with van der Waals surface area (Å²) in [6, 6.07) is 6.24. The van der Waals surface area contributed by atoms with Crippen molar-refractivity contribution >= 4 is 30.5 Å². The van der Waals surface area contributed by atoms with E-state index in [4.69, 9.17) is 4.79 Å². The van der Waals surface area contributed by atoms with E-state index in [2.05, 4.69) is 89.3 Å². The van der Waals surface area contributed by atoms with E-state index in [-0.39, 0.29) is 5.92 Å². The van der Waals surface area contributed by atoms with Crippen molar-refractivity contribution in [1.29, 1.82) is 0 Å². The van der Waals surface area contributed by atoms with Gasteiger partial charge in [0, 0.05) is 37.0 Å². The molecule has 1 aliphatic carbocycles. The molecule has 3 nitrogen and oxygen atoms in total. The average Bonchev–Trinajstić information content (AvgIpc) is 3.05. The first-order valence-electron chi connectivity index (χ1n) is 17.5. The zero-order chi connectivity index (χ0) is 39.5. The number of allylic oxidation sites excluding steroid dienone is 6. The number of aryl methyl sites for hydroxylation is 1. The summed E-state index contributed by atoms with van der Waals surface area (Å²) < 4.78 is 66.0. The third-order valence-electron chi connectivity index (χ3n) is 8.41. The third-order valence-corrected chi connectivity index (χ3v) is 8.41. The molecular weight excluding hydrogens is 650 g/mol. The minimum absolute atomic E-state index is 0.237. The quantitative estimate of drug-likeness (QED) is 0.121. The highest BCUT2D eigenvalue weighted by Crippen LogP contribution is 2.35. The van der Waals surface area contributed by atoms with Gasteiger partial charge in [-0.2, -0.15) is 13.2 Å². The molecule has 2 rings (SSSR count). The first kappa shape index (κ1) is 51.1. The van der Waals surface area contributed by atoms with Gasteiger partial charge in [-0.1, -0.05) is 103 Å². The number of nitrogens with zero attached hydrogens (tertiary/aromatic N) is 2. The van der Waals surface area contributed by atoms with Gasteiger partial charge in [-0.3, -0.25) is 9.98 Å². The van der Waals surface area contributed by atoms with Crippen molar-refractivity contribution < 1.29 is 31.1 Å². The van der Waals surface area contributed by atoms with Crippen LogP contribution in [0.3, 0.4) is 0 Å². The number of carbonyl (C=O) groups is 1. The van der Waals surface area contributed by atoms with Gasteiger partial charge in [-0.05, 0) is 88.0 Å². The van der Waals surface area contributed by atoms with Gasteiger partial charge >= 0.3 is 6.18 Å². The number of alkyl halides is 6. The van der Waals surface area contributed by atoms with Gasteiger partial charge in [-0.25, -0.2) is 13.2 Å². The van der Waals surface area contributed by atoms with E-state index in [1.165, 1.54) is 43.2 Å². The topological polar surface area (TPSA) is 41.8 Å². The van der Waals surface area contributed by atoms with Crippen LogP contribution in [0.4, 0.5) is 26.3 Å². The van der Waals surface area contributed by atoms with Crippen molar-refractivity contribution in [2.45, 2.75) is 139 Å². The van der Waals surface area contributed by atoms with Crippen LogP contribution in [0.5, 0.6) is 0 Å². The highest BCUT2D eigenvalue weighted by Gasteiger charge is 2.27. The van der Waals surface area contributed by atoms with Crippen LogP contribution >= 0.6 is 0 Å². The highest BCUT2D eigenvalue weighted by molar-refractivity contribution is 6.12. The van der Waals surface area contributed by atoms with Crippen molar-refractivity contribution in [3.63, 3.8) is 0 Å². The Labute approximate surface area is 299 Å². The largest absolute Gasteiger partial charge is 0.388 e. The summed E-state index contributed by atoms with van der Waals surface area (Å²) in [7, 11) is 1.79. The number of rotatable bonds is 12. The number of hydrogen-bond donors (Lipinski definition) is 0. The van der Waals surface area contributed by atoms with E-state index in [0.717, 1.165) is 36.1 Å². The zero-order valence-corrected chi connectivity index (χ0v) is 32.5. The Kier molecular flexibility index (Phi) is 29.1. The van der Waals surface area contributed by atoms with E-state index in [1.54, 1.807) is 7.05 Å². The second-order valence-electron chi connectivity index (χ2n) is 12.3. The molecule has 286 valence electrons. The van der Waals surface area contributed by atoms with Crippen LogP contribution in [0.2, 0.25) is 0 Å². The fourth-order valence-corrected chi connectivity index (χ4v) is 5.13. The van der Waals surface area contributed by atoms with Gasteiger partial charge in [-0.15, -0.1) is 0 Å². The fourth-order valence-electron chi connectivity index (χ4n) is 5.13. The molecule has 9 heteroatoms. The number of aliphatic imine (C=N–C) groups is 2. The van der Waals surface area contributed by atoms with Crippen LogP contribution in [-0.2, 0) is 4.79 Å². The summed E-state index contributed by atoms with van der Waals surface area (Å²) in [5.74, 6) is 0.237. The summed E-state index contributed by atoms with van der Waals surface area (Å²) in [5, 5.41) is 0. The number of carbonyl (C=O) groups excluding carboxylic acids is 1. The summed E-state index contributed by atoms with van der Waals surface area (Å²) in [4.78, 5) is 16.8. The molecule has 1 aromatic carbocycles. The maximum atomic E-state index is 13.0. The Hall–Kier alpha value is -3.23.